The molecule has 0 spiro atoms. The van der Waals surface area contributed by atoms with Crippen molar-refractivity contribution in [3.8, 4) is 22.9 Å². The fourth-order valence-electron chi connectivity index (χ4n) is 3.72. The van der Waals surface area contributed by atoms with Gasteiger partial charge in [0.15, 0.2) is 0 Å². The van der Waals surface area contributed by atoms with E-state index < -0.39 is 23.5 Å². The molecule has 0 saturated carbocycles. The minimum absolute atomic E-state index is 0.0758. The number of nitrogens with zero attached hydrogens (tertiary/aromatic N) is 2. The summed E-state index contributed by atoms with van der Waals surface area (Å²) in [7, 11) is 1.42. The van der Waals surface area contributed by atoms with Gasteiger partial charge in [-0.25, -0.2) is 4.79 Å². The lowest BCUT2D eigenvalue weighted by Gasteiger charge is -2.22. The second kappa shape index (κ2) is 12.2. The van der Waals surface area contributed by atoms with E-state index in [1.54, 1.807) is 18.2 Å². The molecule has 192 valence electrons. The number of aromatic nitrogens is 1. The van der Waals surface area contributed by atoms with Crippen molar-refractivity contribution in [2.75, 3.05) is 19.0 Å². The molecule has 0 aliphatic carbocycles. The fraction of sp³-hybridized carbons (Fsp3) is 0.259. The second-order valence-electron chi connectivity index (χ2n) is 8.40. The number of nitriles is 1. The number of carboxylic acid groups (broad SMARTS) is 1. The van der Waals surface area contributed by atoms with Crippen LogP contribution in [-0.2, 0) is 9.53 Å². The molecule has 1 unspecified atom stereocenters. The molecule has 1 atom stereocenters. The average molecular weight is 524 g/mol. The van der Waals surface area contributed by atoms with Crippen molar-refractivity contribution >= 4 is 29.2 Å². The van der Waals surface area contributed by atoms with Crippen LogP contribution in [0, 0.1) is 11.3 Å². The van der Waals surface area contributed by atoms with Crippen molar-refractivity contribution in [1.29, 1.82) is 5.26 Å². The number of carbonyl (C=O) groups is 2. The van der Waals surface area contributed by atoms with Gasteiger partial charge in [-0.2, -0.15) is 5.26 Å². The molecule has 3 rings (SSSR count). The van der Waals surface area contributed by atoms with E-state index in [9.17, 15) is 19.6 Å². The van der Waals surface area contributed by atoms with Gasteiger partial charge in [-0.15, -0.1) is 0 Å². The van der Waals surface area contributed by atoms with Crippen LogP contribution in [0.5, 0.6) is 5.75 Å². The van der Waals surface area contributed by atoms with Gasteiger partial charge in [-0.05, 0) is 56.3 Å². The Morgan fingerprint density at radius 3 is 2.43 bits per heavy atom. The highest BCUT2D eigenvalue weighted by Gasteiger charge is 2.24. The molecule has 0 bridgehead atoms. The van der Waals surface area contributed by atoms with E-state index in [2.05, 4.69) is 11.4 Å². The van der Waals surface area contributed by atoms with Gasteiger partial charge in [0, 0.05) is 40.9 Å². The van der Waals surface area contributed by atoms with Crippen molar-refractivity contribution in [2.24, 2.45) is 0 Å². The Morgan fingerprint density at radius 2 is 1.84 bits per heavy atom. The number of rotatable bonds is 10. The van der Waals surface area contributed by atoms with Crippen LogP contribution in [0.4, 0.5) is 5.69 Å². The van der Waals surface area contributed by atoms with Gasteiger partial charge in [0.1, 0.15) is 11.8 Å². The summed E-state index contributed by atoms with van der Waals surface area (Å²) in [5.74, 6) is -1.31. The van der Waals surface area contributed by atoms with Crippen molar-refractivity contribution in [1.82, 2.24) is 4.57 Å². The summed E-state index contributed by atoms with van der Waals surface area (Å²) in [5, 5.41) is 21.7. The van der Waals surface area contributed by atoms with E-state index in [1.165, 1.54) is 48.2 Å². The molecule has 0 radical (unpaired) electrons. The summed E-state index contributed by atoms with van der Waals surface area (Å²) in [6, 6.07) is 12.8. The third kappa shape index (κ3) is 6.76. The highest BCUT2D eigenvalue weighted by Crippen LogP contribution is 2.33. The SMILES string of the molecule is COc1cn(C(CCOC(C)C)C(=O)Nc2ccc(C(=O)O)cc2)c(=O)cc1-c1cc(Cl)ccc1C#N. The van der Waals surface area contributed by atoms with Gasteiger partial charge >= 0.3 is 5.97 Å². The predicted molar refractivity (Wildman–Crippen MR) is 139 cm³/mol. The van der Waals surface area contributed by atoms with E-state index in [0.717, 1.165) is 0 Å². The van der Waals surface area contributed by atoms with Gasteiger partial charge in [-0.1, -0.05) is 11.6 Å². The number of benzene rings is 2. The van der Waals surface area contributed by atoms with Crippen molar-refractivity contribution in [2.45, 2.75) is 32.4 Å². The first-order valence-electron chi connectivity index (χ1n) is 11.4. The lowest BCUT2D eigenvalue weighted by Crippen LogP contribution is -2.34. The van der Waals surface area contributed by atoms with Crippen LogP contribution in [0.3, 0.4) is 0 Å². The van der Waals surface area contributed by atoms with Crippen LogP contribution in [0.15, 0.2) is 59.5 Å². The number of carboxylic acids is 1. The number of hydrogen-bond donors (Lipinski definition) is 2. The van der Waals surface area contributed by atoms with Gasteiger partial charge < -0.3 is 19.9 Å². The molecule has 0 aliphatic rings. The molecule has 3 aromatic rings. The number of pyridine rings is 1. The Labute approximate surface area is 218 Å². The third-order valence-electron chi connectivity index (χ3n) is 5.54. The zero-order valence-corrected chi connectivity index (χ0v) is 21.3. The van der Waals surface area contributed by atoms with Crippen LogP contribution in [-0.4, -0.2) is 41.4 Å². The number of halogens is 1. The summed E-state index contributed by atoms with van der Waals surface area (Å²) in [6.07, 6.45) is 1.53. The summed E-state index contributed by atoms with van der Waals surface area (Å²) < 4.78 is 12.4. The summed E-state index contributed by atoms with van der Waals surface area (Å²) in [6.45, 7) is 3.93. The number of hydrogen-bond acceptors (Lipinski definition) is 6. The molecular weight excluding hydrogens is 498 g/mol. The zero-order valence-electron chi connectivity index (χ0n) is 20.5. The maximum absolute atomic E-state index is 13.3. The summed E-state index contributed by atoms with van der Waals surface area (Å²) in [4.78, 5) is 37.7. The number of ether oxygens (including phenoxy) is 2. The maximum atomic E-state index is 13.3. The number of carbonyl (C=O) groups excluding carboxylic acids is 1. The number of anilines is 1. The largest absolute Gasteiger partial charge is 0.495 e. The monoisotopic (exact) mass is 523 g/mol. The highest BCUT2D eigenvalue weighted by molar-refractivity contribution is 6.31. The van der Waals surface area contributed by atoms with Crippen molar-refractivity contribution in [3.05, 3.63) is 81.2 Å². The Hall–Kier alpha value is -4.13. The zero-order chi connectivity index (χ0) is 27.1. The highest BCUT2D eigenvalue weighted by atomic mass is 35.5. The molecule has 2 aromatic carbocycles. The molecule has 10 heteroatoms. The van der Waals surface area contributed by atoms with Crippen LogP contribution in [0.2, 0.25) is 5.02 Å². The molecular formula is C27H26ClN3O6. The second-order valence-corrected chi connectivity index (χ2v) is 8.83. The molecule has 1 aromatic heterocycles. The number of amides is 1. The first-order valence-corrected chi connectivity index (χ1v) is 11.8. The van der Waals surface area contributed by atoms with E-state index in [4.69, 9.17) is 26.2 Å². The topological polar surface area (TPSA) is 131 Å². The van der Waals surface area contributed by atoms with Gasteiger partial charge in [0.25, 0.3) is 5.56 Å². The molecule has 1 heterocycles. The average Bonchev–Trinajstić information content (AvgIpc) is 2.86. The summed E-state index contributed by atoms with van der Waals surface area (Å²) >= 11 is 6.14. The Morgan fingerprint density at radius 1 is 1.14 bits per heavy atom. The van der Waals surface area contributed by atoms with E-state index >= 15 is 0 Å². The van der Waals surface area contributed by atoms with Gasteiger partial charge in [0.2, 0.25) is 5.91 Å². The lowest BCUT2D eigenvalue weighted by atomic mass is 10.00. The Kier molecular flexibility index (Phi) is 9.06. The van der Waals surface area contributed by atoms with Crippen LogP contribution < -0.4 is 15.6 Å². The molecule has 37 heavy (non-hydrogen) atoms. The molecule has 9 nitrogen and oxygen atoms in total. The van der Waals surface area contributed by atoms with Crippen LogP contribution in [0.1, 0.15) is 42.2 Å². The van der Waals surface area contributed by atoms with Crippen LogP contribution in [0.25, 0.3) is 11.1 Å². The van der Waals surface area contributed by atoms with Crippen LogP contribution >= 0.6 is 11.6 Å². The minimum atomic E-state index is -1.08. The smallest absolute Gasteiger partial charge is 0.335 e. The molecule has 0 saturated heterocycles. The quantitative estimate of drug-likeness (QED) is 0.392. The predicted octanol–water partition coefficient (Wildman–Crippen LogP) is 4.74. The fourth-order valence-corrected chi connectivity index (χ4v) is 3.89. The number of methoxy groups -OCH3 is 1. The Bertz CT molecular complexity index is 1390. The first-order chi connectivity index (χ1) is 17.6. The van der Waals surface area contributed by atoms with E-state index in [0.29, 0.717) is 27.4 Å². The maximum Gasteiger partial charge on any atom is 0.335 e. The lowest BCUT2D eigenvalue weighted by molar-refractivity contribution is -0.120. The van der Waals surface area contributed by atoms with Gasteiger partial charge in [-0.3, -0.25) is 14.2 Å². The van der Waals surface area contributed by atoms with Crippen molar-refractivity contribution in [3.63, 3.8) is 0 Å². The minimum Gasteiger partial charge on any atom is -0.495 e. The molecule has 0 fully saturated rings. The van der Waals surface area contributed by atoms with E-state index in [-0.39, 0.29) is 30.4 Å². The van der Waals surface area contributed by atoms with Gasteiger partial charge in [0.05, 0.1) is 36.6 Å². The van der Waals surface area contributed by atoms with Crippen molar-refractivity contribution < 1.29 is 24.2 Å². The standard InChI is InChI=1S/C27H26ClN3O6/c1-16(2)37-11-10-23(26(33)30-20-8-5-17(6-9-20)27(34)35)31-15-24(36-3)22(13-25(31)32)21-12-19(28)7-4-18(21)14-29/h4-9,12-13,15-16,23H,10-11H2,1-3H3,(H,30,33)(H,34,35). The third-order valence-corrected chi connectivity index (χ3v) is 5.77. The molecule has 0 aliphatic heterocycles. The molecule has 2 N–H and O–H groups in total. The van der Waals surface area contributed by atoms with E-state index in [1.807, 2.05) is 13.8 Å². The normalized spacial score (nSPS) is 11.6. The first kappa shape index (κ1) is 27.5. The number of nitrogens with one attached hydrogen (secondary N) is 1. The summed E-state index contributed by atoms with van der Waals surface area (Å²) in [5.41, 5.74) is 1.06. The molecule has 1 amide bonds. The number of aromatic carboxylic acids is 1. The Balaban J connectivity index is 2.02.